The molecule has 4 rings (SSSR count). The lowest BCUT2D eigenvalue weighted by Gasteiger charge is -2.38. The third kappa shape index (κ3) is 7.92. The van der Waals surface area contributed by atoms with Crippen molar-refractivity contribution < 1.29 is 27.9 Å². The Hall–Kier alpha value is -3.57. The van der Waals surface area contributed by atoms with E-state index in [-0.39, 0.29) is 23.1 Å². The van der Waals surface area contributed by atoms with E-state index in [2.05, 4.69) is 25.5 Å². The zero-order chi connectivity index (χ0) is 32.1. The van der Waals surface area contributed by atoms with E-state index in [1.165, 1.54) is 20.4 Å². The minimum atomic E-state index is -3.55. The van der Waals surface area contributed by atoms with Crippen LogP contribution in [0, 0.1) is 0 Å². The maximum Gasteiger partial charge on any atom is 0.410 e. The highest BCUT2D eigenvalue weighted by Crippen LogP contribution is 2.47. The molecule has 0 saturated carbocycles. The molecular formula is C30H40ClN6O6P. The number of carbonyl (C=O) groups excluding carboxylic acids is 1. The van der Waals surface area contributed by atoms with Gasteiger partial charge in [0.2, 0.25) is 5.95 Å². The zero-order valence-corrected chi connectivity index (χ0v) is 27.7. The molecule has 2 N–H and O–H groups in total. The highest BCUT2D eigenvalue weighted by Gasteiger charge is 2.30. The molecule has 2 aromatic carbocycles. The summed E-state index contributed by atoms with van der Waals surface area (Å²) >= 11 is 6.42. The van der Waals surface area contributed by atoms with Crippen LogP contribution in [0.25, 0.3) is 0 Å². The maximum absolute atomic E-state index is 13.1. The number of hydrogen-bond donors (Lipinski definition) is 2. The van der Waals surface area contributed by atoms with Gasteiger partial charge in [0.25, 0.3) is 0 Å². The van der Waals surface area contributed by atoms with E-state index in [1.807, 2.05) is 39.0 Å². The van der Waals surface area contributed by atoms with Crippen molar-refractivity contribution in [2.75, 3.05) is 57.0 Å². The number of rotatable bonds is 10. The third-order valence-corrected chi connectivity index (χ3v) is 9.39. The summed E-state index contributed by atoms with van der Waals surface area (Å²) in [5.74, 6) is 1.17. The fourth-order valence-corrected chi connectivity index (χ4v) is 6.20. The van der Waals surface area contributed by atoms with Crippen LogP contribution in [0.5, 0.6) is 5.75 Å². The van der Waals surface area contributed by atoms with Gasteiger partial charge in [0, 0.05) is 52.2 Å². The summed E-state index contributed by atoms with van der Waals surface area (Å²) < 4.78 is 34.7. The molecule has 0 unspecified atom stereocenters. The molecule has 0 spiro atoms. The number of para-hydroxylation sites is 1. The van der Waals surface area contributed by atoms with Crippen LogP contribution in [0.2, 0.25) is 5.02 Å². The number of aromatic nitrogens is 2. The predicted octanol–water partition coefficient (Wildman–Crippen LogP) is 6.57. The molecule has 0 aliphatic carbocycles. The van der Waals surface area contributed by atoms with Crippen LogP contribution in [-0.4, -0.2) is 74.1 Å². The summed E-state index contributed by atoms with van der Waals surface area (Å²) in [4.78, 5) is 25.4. The van der Waals surface area contributed by atoms with Gasteiger partial charge in [-0.15, -0.1) is 0 Å². The van der Waals surface area contributed by atoms with Crippen molar-refractivity contribution in [1.82, 2.24) is 14.9 Å². The van der Waals surface area contributed by atoms with Crippen molar-refractivity contribution in [3.63, 3.8) is 0 Å². The van der Waals surface area contributed by atoms with Gasteiger partial charge in [0.05, 0.1) is 30.0 Å². The van der Waals surface area contributed by atoms with Crippen LogP contribution < -0.4 is 25.6 Å². The van der Waals surface area contributed by atoms with Gasteiger partial charge >= 0.3 is 13.7 Å². The second kappa shape index (κ2) is 14.0. The third-order valence-electron chi connectivity index (χ3n) is 7.17. The minimum Gasteiger partial charge on any atom is -0.494 e. The molecule has 1 fully saturated rings. The van der Waals surface area contributed by atoms with Crippen molar-refractivity contribution in [1.29, 1.82) is 0 Å². The molecule has 14 heteroatoms. The predicted molar refractivity (Wildman–Crippen MR) is 174 cm³/mol. The zero-order valence-electron chi connectivity index (χ0n) is 26.1. The summed E-state index contributed by atoms with van der Waals surface area (Å²) in [7, 11) is 2.51. The van der Waals surface area contributed by atoms with Gasteiger partial charge in [-0.25, -0.2) is 9.78 Å². The number of piperidine rings is 1. The van der Waals surface area contributed by atoms with Crippen LogP contribution in [0.3, 0.4) is 0 Å². The number of benzene rings is 2. The Labute approximate surface area is 263 Å². The first kappa shape index (κ1) is 33.3. The monoisotopic (exact) mass is 646 g/mol. The van der Waals surface area contributed by atoms with Crippen LogP contribution in [0.4, 0.5) is 33.6 Å². The average Bonchev–Trinajstić information content (AvgIpc) is 3.01. The molecule has 44 heavy (non-hydrogen) atoms. The minimum absolute atomic E-state index is 0.108. The fraction of sp³-hybridized carbons (Fsp3) is 0.433. The number of nitrogens with one attached hydrogen (secondary N) is 2. The Morgan fingerprint density at radius 3 is 2.36 bits per heavy atom. The van der Waals surface area contributed by atoms with Crippen molar-refractivity contribution in [2.24, 2.45) is 0 Å². The van der Waals surface area contributed by atoms with Gasteiger partial charge in [-0.2, -0.15) is 4.98 Å². The van der Waals surface area contributed by atoms with Crippen molar-refractivity contribution in [3.05, 3.63) is 53.7 Å². The van der Waals surface area contributed by atoms with Gasteiger partial charge in [0.1, 0.15) is 16.4 Å². The van der Waals surface area contributed by atoms with Crippen LogP contribution in [0.1, 0.15) is 33.6 Å². The van der Waals surface area contributed by atoms with Crippen LogP contribution in [0.15, 0.2) is 48.7 Å². The fourth-order valence-electron chi connectivity index (χ4n) is 4.83. The number of anilines is 5. The second-order valence-electron chi connectivity index (χ2n) is 11.2. The quantitative estimate of drug-likeness (QED) is 0.232. The summed E-state index contributed by atoms with van der Waals surface area (Å²) in [6, 6.07) is 12.9. The first-order valence-corrected chi connectivity index (χ1v) is 16.1. The van der Waals surface area contributed by atoms with E-state index in [0.717, 1.165) is 31.6 Å². The van der Waals surface area contributed by atoms with E-state index >= 15 is 0 Å². The molecule has 1 aliphatic rings. The van der Waals surface area contributed by atoms with Gasteiger partial charge in [-0.1, -0.05) is 23.7 Å². The largest absolute Gasteiger partial charge is 0.494 e. The van der Waals surface area contributed by atoms with Gasteiger partial charge < -0.3 is 39.0 Å². The van der Waals surface area contributed by atoms with Gasteiger partial charge in [0.15, 0.2) is 5.82 Å². The topological polar surface area (TPSA) is 127 Å². The SMILES string of the molecule is COc1cc(N2CCC(N(C)C(=O)OC(C)(C)C)CC2)ccc1Nc1ncc(Cl)c(Nc2ccccc2P(=O)(OC)OC)n1. The summed E-state index contributed by atoms with van der Waals surface area (Å²) in [6.07, 6.45) is 2.80. The molecule has 12 nitrogen and oxygen atoms in total. The lowest BCUT2D eigenvalue weighted by Crippen LogP contribution is -2.47. The van der Waals surface area contributed by atoms with Crippen molar-refractivity contribution >= 4 is 59.4 Å². The van der Waals surface area contributed by atoms with E-state index in [0.29, 0.717) is 28.2 Å². The number of ether oxygens (including phenoxy) is 2. The molecule has 0 atom stereocenters. The molecule has 1 aromatic heterocycles. The molecule has 1 amide bonds. The number of amides is 1. The van der Waals surface area contributed by atoms with E-state index in [1.54, 1.807) is 43.3 Å². The number of methoxy groups -OCH3 is 1. The summed E-state index contributed by atoms with van der Waals surface area (Å²) in [5, 5.41) is 6.93. The van der Waals surface area contributed by atoms with Crippen molar-refractivity contribution in [3.8, 4) is 5.75 Å². The van der Waals surface area contributed by atoms with E-state index in [4.69, 9.17) is 30.1 Å². The lowest BCUT2D eigenvalue weighted by molar-refractivity contribution is 0.0201. The van der Waals surface area contributed by atoms with Gasteiger partial charge in [-0.3, -0.25) is 4.57 Å². The molecule has 3 aromatic rings. The van der Waals surface area contributed by atoms with Crippen molar-refractivity contribution in [2.45, 2.75) is 45.3 Å². The molecule has 1 saturated heterocycles. The number of halogens is 1. The first-order valence-electron chi connectivity index (χ1n) is 14.1. The second-order valence-corrected chi connectivity index (χ2v) is 13.8. The van der Waals surface area contributed by atoms with E-state index < -0.39 is 13.2 Å². The normalized spacial score (nSPS) is 14.2. The molecule has 2 heterocycles. The Bertz CT molecular complexity index is 1500. The molecular weight excluding hydrogens is 607 g/mol. The Kier molecular flexibility index (Phi) is 10.6. The summed E-state index contributed by atoms with van der Waals surface area (Å²) in [6.45, 7) is 7.17. The number of hydrogen-bond acceptors (Lipinski definition) is 11. The van der Waals surface area contributed by atoms with Gasteiger partial charge in [-0.05, 0) is 57.9 Å². The standard InChI is InChI=1S/C30H40ClN6O6P/c1-30(2,3)43-29(38)36(4)20-14-16-37(17-15-20)21-12-13-23(25(18-21)40-5)34-28-32-19-22(31)27(35-28)33-24-10-8-9-11-26(24)44(39,41-6)42-7/h8-13,18-20H,14-17H2,1-7H3,(H2,32,33,34,35). The van der Waals surface area contributed by atoms with Crippen LogP contribution in [-0.2, 0) is 18.3 Å². The highest BCUT2D eigenvalue weighted by atomic mass is 35.5. The smallest absolute Gasteiger partial charge is 0.410 e. The Morgan fingerprint density at radius 1 is 1.05 bits per heavy atom. The summed E-state index contributed by atoms with van der Waals surface area (Å²) in [5.41, 5.74) is 1.60. The first-order chi connectivity index (χ1) is 20.9. The molecule has 0 radical (unpaired) electrons. The molecule has 1 aliphatic heterocycles. The molecule has 238 valence electrons. The Balaban J connectivity index is 1.46. The lowest BCUT2D eigenvalue weighted by atomic mass is 10.0. The maximum atomic E-state index is 13.1. The van der Waals surface area contributed by atoms with E-state index in [9.17, 15) is 9.36 Å². The highest BCUT2D eigenvalue weighted by molar-refractivity contribution is 7.62. The van der Waals surface area contributed by atoms with Crippen LogP contribution >= 0.6 is 19.2 Å². The number of carbonyl (C=O) groups is 1. The average molecular weight is 647 g/mol. The molecule has 0 bridgehead atoms. The Morgan fingerprint density at radius 2 is 1.73 bits per heavy atom. The number of nitrogens with zero attached hydrogens (tertiary/aromatic N) is 4.